The number of Topliss-reactive ketones (excluding diaryl/α,β-unsaturated/α-hetero) is 1. The van der Waals surface area contributed by atoms with Gasteiger partial charge < -0.3 is 0 Å². The van der Waals surface area contributed by atoms with Crippen LogP contribution in [0, 0.1) is 0 Å². The van der Waals surface area contributed by atoms with Crippen LogP contribution in [0.4, 0.5) is 0 Å². The minimum atomic E-state index is -3.53. The predicted octanol–water partition coefficient (Wildman–Crippen LogP) is 2.07. The van der Waals surface area contributed by atoms with E-state index in [0.29, 0.717) is 12.1 Å². The van der Waals surface area contributed by atoms with Crippen molar-refractivity contribution in [3.63, 3.8) is 0 Å². The fraction of sp³-hybridized carbons (Fsp3) is 0.462. The molecule has 0 aromatic heterocycles. The average Bonchev–Trinajstić information content (AvgIpc) is 2.35. The van der Waals surface area contributed by atoms with Gasteiger partial charge in [0.1, 0.15) is 5.78 Å². The normalized spacial score (nSPS) is 13.3. The maximum atomic E-state index is 12.1. The first-order valence-electron chi connectivity index (χ1n) is 5.99. The monoisotopic (exact) mass is 269 g/mol. The lowest BCUT2D eigenvalue weighted by molar-refractivity contribution is -0.118. The highest BCUT2D eigenvalue weighted by Gasteiger charge is 2.22. The van der Waals surface area contributed by atoms with E-state index in [-0.39, 0.29) is 10.7 Å². The quantitative estimate of drug-likeness (QED) is 0.860. The summed E-state index contributed by atoms with van der Waals surface area (Å²) in [4.78, 5) is 11.6. The van der Waals surface area contributed by atoms with E-state index < -0.39 is 15.9 Å². The van der Waals surface area contributed by atoms with Crippen molar-refractivity contribution in [1.82, 2.24) is 4.72 Å². The fourth-order valence-electron chi connectivity index (χ4n) is 1.62. The van der Waals surface area contributed by atoms with Gasteiger partial charge in [-0.1, -0.05) is 32.0 Å². The van der Waals surface area contributed by atoms with Crippen molar-refractivity contribution in [3.05, 3.63) is 29.8 Å². The van der Waals surface area contributed by atoms with E-state index in [0.717, 1.165) is 6.42 Å². The summed E-state index contributed by atoms with van der Waals surface area (Å²) in [5, 5.41) is 0. The number of rotatable bonds is 6. The molecule has 0 aliphatic carbocycles. The van der Waals surface area contributed by atoms with E-state index in [1.54, 1.807) is 25.1 Å². The van der Waals surface area contributed by atoms with E-state index in [4.69, 9.17) is 0 Å². The highest BCUT2D eigenvalue weighted by atomic mass is 32.2. The molecule has 1 N–H and O–H groups in total. The van der Waals surface area contributed by atoms with E-state index in [9.17, 15) is 13.2 Å². The molecule has 1 unspecified atom stereocenters. The Morgan fingerprint density at radius 1 is 1.33 bits per heavy atom. The Morgan fingerprint density at radius 2 is 1.94 bits per heavy atom. The van der Waals surface area contributed by atoms with Crippen LogP contribution in [0.5, 0.6) is 0 Å². The molecule has 1 aromatic rings. The first-order valence-corrected chi connectivity index (χ1v) is 7.47. The molecule has 18 heavy (non-hydrogen) atoms. The SMILES string of the molecule is CCCNS(=O)(=O)c1ccccc1C(C)C(C)=O. The zero-order valence-electron chi connectivity index (χ0n) is 10.9. The number of hydrogen-bond acceptors (Lipinski definition) is 3. The molecule has 1 aromatic carbocycles. The van der Waals surface area contributed by atoms with Crippen LogP contribution in [0.1, 0.15) is 38.7 Å². The maximum absolute atomic E-state index is 12.1. The van der Waals surface area contributed by atoms with Crippen molar-refractivity contribution in [2.75, 3.05) is 6.54 Å². The summed E-state index contributed by atoms with van der Waals surface area (Å²) >= 11 is 0. The lowest BCUT2D eigenvalue weighted by Crippen LogP contribution is -2.26. The Labute approximate surface area is 108 Å². The van der Waals surface area contributed by atoms with Crippen LogP contribution in [0.2, 0.25) is 0 Å². The molecule has 0 saturated carbocycles. The predicted molar refractivity (Wildman–Crippen MR) is 71.0 cm³/mol. The Hall–Kier alpha value is -1.20. The van der Waals surface area contributed by atoms with Gasteiger partial charge in [-0.3, -0.25) is 4.79 Å². The summed E-state index contributed by atoms with van der Waals surface area (Å²) in [7, 11) is -3.53. The molecular weight excluding hydrogens is 250 g/mol. The van der Waals surface area contributed by atoms with Gasteiger partial charge in [0, 0.05) is 12.5 Å². The molecule has 0 amide bonds. The molecule has 0 bridgehead atoms. The first-order chi connectivity index (χ1) is 8.40. The summed E-state index contributed by atoms with van der Waals surface area (Å²) in [5.41, 5.74) is 0.550. The van der Waals surface area contributed by atoms with Gasteiger partial charge in [0.25, 0.3) is 0 Å². The van der Waals surface area contributed by atoms with E-state index in [1.165, 1.54) is 13.0 Å². The van der Waals surface area contributed by atoms with Crippen LogP contribution in [-0.4, -0.2) is 20.7 Å². The molecule has 0 aliphatic heterocycles. The van der Waals surface area contributed by atoms with Gasteiger partial charge in [-0.2, -0.15) is 0 Å². The van der Waals surface area contributed by atoms with Crippen LogP contribution in [0.25, 0.3) is 0 Å². The third-order valence-corrected chi connectivity index (χ3v) is 4.36. The summed E-state index contributed by atoms with van der Waals surface area (Å²) in [6.45, 7) is 5.47. The van der Waals surface area contributed by atoms with Gasteiger partial charge in [0.05, 0.1) is 4.90 Å². The minimum absolute atomic E-state index is 0.0480. The number of sulfonamides is 1. The second kappa shape index (κ2) is 6.11. The van der Waals surface area contributed by atoms with E-state index >= 15 is 0 Å². The van der Waals surface area contributed by atoms with Crippen molar-refractivity contribution in [2.24, 2.45) is 0 Å². The van der Waals surface area contributed by atoms with Gasteiger partial charge in [0.2, 0.25) is 10.0 Å². The molecule has 0 spiro atoms. The number of benzene rings is 1. The lowest BCUT2D eigenvalue weighted by Gasteiger charge is -2.14. The van der Waals surface area contributed by atoms with Gasteiger partial charge in [-0.25, -0.2) is 13.1 Å². The summed E-state index contributed by atoms with van der Waals surface area (Å²) in [5.74, 6) is -0.465. The van der Waals surface area contributed by atoms with Crippen molar-refractivity contribution in [2.45, 2.75) is 38.0 Å². The zero-order valence-corrected chi connectivity index (χ0v) is 11.8. The molecule has 0 fully saturated rings. The molecule has 5 heteroatoms. The number of ketones is 1. The Morgan fingerprint density at radius 3 is 2.50 bits per heavy atom. The number of nitrogens with one attached hydrogen (secondary N) is 1. The van der Waals surface area contributed by atoms with Crippen LogP contribution >= 0.6 is 0 Å². The molecule has 1 rings (SSSR count). The lowest BCUT2D eigenvalue weighted by atomic mass is 9.98. The topological polar surface area (TPSA) is 63.2 Å². The smallest absolute Gasteiger partial charge is 0.240 e. The van der Waals surface area contributed by atoms with Crippen LogP contribution in [0.15, 0.2) is 29.2 Å². The zero-order chi connectivity index (χ0) is 13.8. The Balaban J connectivity index is 3.21. The minimum Gasteiger partial charge on any atom is -0.299 e. The Bertz CT molecular complexity index is 523. The molecular formula is C13H19NO3S. The van der Waals surface area contributed by atoms with Crippen molar-refractivity contribution in [3.8, 4) is 0 Å². The van der Waals surface area contributed by atoms with Crippen molar-refractivity contribution >= 4 is 15.8 Å². The molecule has 0 heterocycles. The third-order valence-electron chi connectivity index (χ3n) is 2.83. The van der Waals surface area contributed by atoms with Crippen molar-refractivity contribution < 1.29 is 13.2 Å². The Kier molecular flexibility index (Phi) is 5.04. The average molecular weight is 269 g/mol. The van der Waals surface area contributed by atoms with Gasteiger partial charge in [-0.15, -0.1) is 0 Å². The maximum Gasteiger partial charge on any atom is 0.240 e. The standard InChI is InChI=1S/C13H19NO3S/c1-4-9-14-18(16,17)13-8-6-5-7-12(13)10(2)11(3)15/h5-8,10,14H,4,9H2,1-3H3. The third kappa shape index (κ3) is 3.40. The highest BCUT2D eigenvalue weighted by Crippen LogP contribution is 2.24. The van der Waals surface area contributed by atoms with Gasteiger partial charge in [-0.05, 0) is 25.0 Å². The van der Waals surface area contributed by atoms with E-state index in [2.05, 4.69) is 4.72 Å². The number of carbonyl (C=O) groups is 1. The van der Waals surface area contributed by atoms with Crippen molar-refractivity contribution in [1.29, 1.82) is 0 Å². The van der Waals surface area contributed by atoms with Crippen LogP contribution in [-0.2, 0) is 14.8 Å². The van der Waals surface area contributed by atoms with Crippen LogP contribution < -0.4 is 4.72 Å². The molecule has 1 atom stereocenters. The second-order valence-electron chi connectivity index (χ2n) is 4.27. The summed E-state index contributed by atoms with van der Waals surface area (Å²) in [6, 6.07) is 6.63. The molecule has 0 saturated heterocycles. The fourth-order valence-corrected chi connectivity index (χ4v) is 3.06. The first kappa shape index (κ1) is 14.9. The number of carbonyl (C=O) groups excluding carboxylic acids is 1. The molecule has 4 nitrogen and oxygen atoms in total. The summed E-state index contributed by atoms with van der Waals surface area (Å²) < 4.78 is 26.8. The second-order valence-corrected chi connectivity index (χ2v) is 6.00. The molecule has 100 valence electrons. The van der Waals surface area contributed by atoms with Crippen LogP contribution in [0.3, 0.4) is 0 Å². The highest BCUT2D eigenvalue weighted by molar-refractivity contribution is 7.89. The van der Waals surface area contributed by atoms with Gasteiger partial charge >= 0.3 is 0 Å². The largest absolute Gasteiger partial charge is 0.299 e. The van der Waals surface area contributed by atoms with E-state index in [1.807, 2.05) is 6.92 Å². The number of hydrogen-bond donors (Lipinski definition) is 1. The summed E-state index contributed by atoms with van der Waals surface area (Å²) in [6.07, 6.45) is 0.726. The van der Waals surface area contributed by atoms with Gasteiger partial charge in [0.15, 0.2) is 0 Å². The molecule has 0 radical (unpaired) electrons. The molecule has 0 aliphatic rings.